The Morgan fingerprint density at radius 3 is 0.948 bits per heavy atom. The van der Waals surface area contributed by atoms with Crippen LogP contribution in [0.15, 0.2) is 202 Å². The van der Waals surface area contributed by atoms with E-state index in [0.717, 1.165) is 116 Å². The first-order chi connectivity index (χ1) is 35.1. The van der Waals surface area contributed by atoms with Crippen LogP contribution in [0.3, 0.4) is 0 Å². The molecule has 0 fully saturated rings. The molecule has 0 radical (unpaired) electrons. The molecule has 0 saturated heterocycles. The van der Waals surface area contributed by atoms with Gasteiger partial charge in [-0.05, 0) is 125 Å². The molecule has 2 aromatic heterocycles. The van der Waals surface area contributed by atoms with E-state index in [2.05, 4.69) is 174 Å². The Hall–Kier alpha value is -6.46. The van der Waals surface area contributed by atoms with Crippen molar-refractivity contribution in [1.82, 2.24) is 9.97 Å². The number of fused-ring (bicyclic) bond motifs is 4. The summed E-state index contributed by atoms with van der Waals surface area (Å²) in [5.74, 6) is 0. The second-order valence-corrected chi connectivity index (χ2v) is 17.8. The Balaban J connectivity index is 0.000000312. The number of benzene rings is 8. The number of azo groups is 2. The van der Waals surface area contributed by atoms with Crippen molar-refractivity contribution < 1.29 is 90.8 Å². The standard InChI is InChI=1S/2C30H31N6.CH4.2ClH.K.H2O/c2*1-5-35(6-2)26-17-19-28-30(21-26)36(25-10-8-7-9-11-25)29-20-23(14-18-27(29)31-28)33-32-22-12-15-24(16-13-22)34(3)4;;;;;/h2*7-21H,5-6H2,1-4H3;1H4;2*1H;;1H2/q2*+1;;;;+1;/p-2. The van der Waals surface area contributed by atoms with E-state index in [1.165, 1.54) is 11.4 Å². The Morgan fingerprint density at radius 2 is 0.636 bits per heavy atom. The molecule has 0 unspecified atom stereocenters. The summed E-state index contributed by atoms with van der Waals surface area (Å²) in [7, 11) is 8.10. The van der Waals surface area contributed by atoms with Gasteiger partial charge in [0.2, 0.25) is 33.4 Å². The maximum atomic E-state index is 4.99. The molecule has 10 aromatic rings. The van der Waals surface area contributed by atoms with E-state index in [0.29, 0.717) is 0 Å². The van der Waals surface area contributed by atoms with E-state index < -0.39 is 0 Å². The topological polar surface area (TPSA) is 127 Å². The van der Waals surface area contributed by atoms with E-state index in [1.807, 2.05) is 113 Å². The summed E-state index contributed by atoms with van der Waals surface area (Å²) in [5, 5.41) is 18.1. The number of anilines is 4. The van der Waals surface area contributed by atoms with Crippen LogP contribution in [0.5, 0.6) is 0 Å². The van der Waals surface area contributed by atoms with E-state index in [9.17, 15) is 0 Å². The van der Waals surface area contributed by atoms with Gasteiger partial charge in [0.1, 0.15) is 22.1 Å². The molecule has 77 heavy (non-hydrogen) atoms. The first-order valence-electron chi connectivity index (χ1n) is 24.7. The van der Waals surface area contributed by atoms with E-state index in [-0.39, 0.29) is 89.1 Å². The van der Waals surface area contributed by atoms with Gasteiger partial charge in [-0.2, -0.15) is 20.5 Å². The van der Waals surface area contributed by atoms with Gasteiger partial charge in [0.05, 0.1) is 22.7 Å². The monoisotopic (exact) mass is 1090 g/mol. The third-order valence-corrected chi connectivity index (χ3v) is 12.9. The van der Waals surface area contributed by atoms with Gasteiger partial charge in [-0.1, -0.05) is 43.8 Å². The quantitative estimate of drug-likeness (QED) is 0.0667. The summed E-state index contributed by atoms with van der Waals surface area (Å²) >= 11 is 0. The molecule has 0 bridgehead atoms. The zero-order valence-corrected chi connectivity index (χ0v) is 49.4. The van der Waals surface area contributed by atoms with Gasteiger partial charge in [0, 0.05) is 126 Å². The molecule has 392 valence electrons. The second kappa shape index (κ2) is 29.3. The van der Waals surface area contributed by atoms with Gasteiger partial charge in [-0.25, -0.2) is 9.97 Å². The Morgan fingerprint density at radius 1 is 0.364 bits per heavy atom. The number of aromatic nitrogens is 4. The summed E-state index contributed by atoms with van der Waals surface area (Å²) in [6, 6.07) is 62.1. The first-order valence-corrected chi connectivity index (χ1v) is 24.7. The van der Waals surface area contributed by atoms with Gasteiger partial charge >= 0.3 is 51.4 Å². The summed E-state index contributed by atoms with van der Waals surface area (Å²) in [6.45, 7) is 12.5. The number of halogens is 2. The molecule has 13 nitrogen and oxygen atoms in total. The van der Waals surface area contributed by atoms with Crippen LogP contribution >= 0.6 is 0 Å². The molecule has 0 atom stereocenters. The molecule has 0 aliphatic rings. The van der Waals surface area contributed by atoms with Crippen LogP contribution in [0.1, 0.15) is 35.1 Å². The van der Waals surface area contributed by atoms with Crippen LogP contribution in [0.25, 0.3) is 55.5 Å². The van der Waals surface area contributed by atoms with Gasteiger partial charge in [-0.15, -0.1) is 9.13 Å². The van der Waals surface area contributed by atoms with E-state index in [1.54, 1.807) is 0 Å². The van der Waals surface area contributed by atoms with Crippen LogP contribution in [-0.4, -0.2) is 69.8 Å². The molecule has 16 heteroatoms. The summed E-state index contributed by atoms with van der Waals surface area (Å²) < 4.78 is 4.55. The minimum atomic E-state index is 0. The third-order valence-electron chi connectivity index (χ3n) is 12.9. The molecule has 2 heterocycles. The maximum absolute atomic E-state index is 4.99. The van der Waals surface area contributed by atoms with Crippen molar-refractivity contribution in [1.29, 1.82) is 0 Å². The first kappa shape index (κ1) is 63.1. The minimum Gasteiger partial charge on any atom is -1.00 e. The molecular formula is C61H68Cl2KN12O+. The van der Waals surface area contributed by atoms with Crippen molar-refractivity contribution in [3.05, 3.63) is 182 Å². The maximum Gasteiger partial charge on any atom is 1.00 e. The molecular weight excluding hydrogens is 1030 g/mol. The number of nitrogens with zero attached hydrogens (tertiary/aromatic N) is 12. The van der Waals surface area contributed by atoms with Crippen molar-refractivity contribution in [2.75, 3.05) is 74.0 Å². The minimum absolute atomic E-state index is 0. The molecule has 0 amide bonds. The molecule has 0 spiro atoms. The molecule has 2 N–H and O–H groups in total. The molecule has 10 rings (SSSR count). The average molecular weight is 1100 g/mol. The van der Waals surface area contributed by atoms with Gasteiger partial charge in [-0.3, -0.25) is 0 Å². The fourth-order valence-electron chi connectivity index (χ4n) is 8.93. The van der Waals surface area contributed by atoms with Crippen LogP contribution in [0.4, 0.5) is 45.5 Å². The smallest absolute Gasteiger partial charge is 1.00 e. The molecule has 0 aliphatic carbocycles. The summed E-state index contributed by atoms with van der Waals surface area (Å²) in [4.78, 5) is 18.8. The third kappa shape index (κ3) is 14.6. The predicted octanol–water partition coefficient (Wildman–Crippen LogP) is 4.81. The Bertz CT molecular complexity index is 3310. The van der Waals surface area contributed by atoms with Crippen molar-refractivity contribution in [2.24, 2.45) is 20.5 Å². The van der Waals surface area contributed by atoms with Gasteiger partial charge in [0.25, 0.3) is 0 Å². The summed E-state index contributed by atoms with van der Waals surface area (Å²) in [5.41, 5.74) is 17.8. The van der Waals surface area contributed by atoms with Crippen molar-refractivity contribution in [3.63, 3.8) is 0 Å². The molecule has 8 aromatic carbocycles. The van der Waals surface area contributed by atoms with Crippen LogP contribution in [0, 0.1) is 0 Å². The SMILES string of the molecule is C.CCN(CC)c1ccc2nc3ccc(N=Nc4ccc(N(C)C)cc4)cc3[n+](-c3ccccc3)c2c1.CCN(CC)c1ccc2nc3ccc(N=Nc4ccc(N(C)C)cc4)cc3[n+](-c3ccccc3)c2c1.O.[Cl-].[Cl-].[K+]. The van der Waals surface area contributed by atoms with Crippen LogP contribution in [-0.2, 0) is 0 Å². The van der Waals surface area contributed by atoms with E-state index in [4.69, 9.17) is 9.97 Å². The van der Waals surface area contributed by atoms with E-state index >= 15 is 0 Å². The number of para-hydroxylation sites is 2. The molecule has 0 aliphatic heterocycles. The Labute approximate surface area is 508 Å². The Kier molecular flexibility index (Phi) is 24.0. The zero-order chi connectivity index (χ0) is 50.1. The normalized spacial score (nSPS) is 10.7. The van der Waals surface area contributed by atoms with Gasteiger partial charge in [0.15, 0.2) is 0 Å². The van der Waals surface area contributed by atoms with Crippen LogP contribution < -0.4 is 105 Å². The largest absolute Gasteiger partial charge is 1.00 e. The number of rotatable bonds is 14. The molecule has 0 saturated carbocycles. The van der Waals surface area contributed by atoms with Crippen molar-refractivity contribution >= 4 is 89.6 Å². The van der Waals surface area contributed by atoms with Crippen LogP contribution in [0.2, 0.25) is 0 Å². The number of hydrogen-bond acceptors (Lipinski definition) is 10. The summed E-state index contributed by atoms with van der Waals surface area (Å²) in [6.07, 6.45) is 0. The fraction of sp³-hybridized carbons (Fsp3) is 0.213. The predicted molar refractivity (Wildman–Crippen MR) is 309 cm³/mol. The van der Waals surface area contributed by atoms with Gasteiger partial charge < -0.3 is 49.9 Å². The average Bonchev–Trinajstić information content (AvgIpc) is 3.42. The van der Waals surface area contributed by atoms with Crippen molar-refractivity contribution in [3.8, 4) is 11.4 Å². The fourth-order valence-corrected chi connectivity index (χ4v) is 8.93. The number of hydrogen-bond donors (Lipinski definition) is 0. The van der Waals surface area contributed by atoms with Crippen molar-refractivity contribution in [2.45, 2.75) is 35.1 Å². The zero-order valence-electron chi connectivity index (χ0n) is 44.8. The second-order valence-electron chi connectivity index (χ2n) is 17.8.